The molecule has 0 saturated heterocycles. The third-order valence-corrected chi connectivity index (χ3v) is 16.5. The highest BCUT2D eigenvalue weighted by Crippen LogP contribution is 2.45. The maximum atomic E-state index is 14.5. The Bertz CT molecular complexity index is 2270. The van der Waals surface area contributed by atoms with Crippen LogP contribution in [0.3, 0.4) is 0 Å². The van der Waals surface area contributed by atoms with Gasteiger partial charge < -0.3 is 4.90 Å². The fraction of sp³-hybridized carbons (Fsp3) is 0.211. The Labute approximate surface area is 332 Å². The zero-order valence-corrected chi connectivity index (χ0v) is 31.5. The van der Waals surface area contributed by atoms with E-state index in [0.29, 0.717) is 0 Å². The molecule has 0 amide bonds. The van der Waals surface area contributed by atoms with Gasteiger partial charge >= 0.3 is 37.1 Å². The first-order valence-corrected chi connectivity index (χ1v) is 20.6. The van der Waals surface area contributed by atoms with Crippen molar-refractivity contribution in [3.8, 4) is 0 Å². The van der Waals surface area contributed by atoms with Gasteiger partial charge in [0.05, 0.1) is 54.5 Å². The van der Waals surface area contributed by atoms with Crippen LogP contribution < -0.4 is 20.5 Å². The summed E-state index contributed by atoms with van der Waals surface area (Å²) in [5.41, 5.74) is -14.2. The molecular weight excluding hydrogens is 905 g/mol. The number of para-hydroxylation sites is 2. The van der Waals surface area contributed by atoms with Gasteiger partial charge in [-0.3, -0.25) is 0 Å². The van der Waals surface area contributed by atoms with Crippen LogP contribution in [0.4, 0.5) is 90.4 Å². The summed E-state index contributed by atoms with van der Waals surface area (Å²) in [6.45, 7) is -1.05. The summed E-state index contributed by atoms with van der Waals surface area (Å²) in [5, 5.41) is -4.50. The maximum Gasteiger partial charge on any atom is 0.416 e. The Balaban J connectivity index is 1.86. The van der Waals surface area contributed by atoms with Crippen LogP contribution in [0.25, 0.3) is 0 Å². The molecule has 23 heteroatoms. The SMILES string of the molecule is O=S1(=O)c2ccccc2N(CC[Si](c2cc(C(F)(F)F)cc(C(F)(F)F)c2)(c2cc(C(F)(F)F)cc(C(F)(F)F)c2)c2cc(C(F)(F)F)cc(C(F)(F)F)c2)c2ccccc21. The van der Waals surface area contributed by atoms with Crippen molar-refractivity contribution in [2.75, 3.05) is 11.4 Å². The highest BCUT2D eigenvalue weighted by molar-refractivity contribution is 7.92. The normalized spacial score (nSPS) is 15.1. The van der Waals surface area contributed by atoms with Crippen molar-refractivity contribution in [1.82, 2.24) is 0 Å². The number of rotatable bonds is 6. The second-order valence-corrected chi connectivity index (χ2v) is 19.6. The number of hydrogen-bond acceptors (Lipinski definition) is 3. The van der Waals surface area contributed by atoms with Crippen LogP contribution in [0.1, 0.15) is 33.4 Å². The number of anilines is 2. The predicted molar refractivity (Wildman–Crippen MR) is 184 cm³/mol. The van der Waals surface area contributed by atoms with E-state index in [9.17, 15) is 87.4 Å². The van der Waals surface area contributed by atoms with E-state index in [1.54, 1.807) is 0 Å². The summed E-state index contributed by atoms with van der Waals surface area (Å²) in [6, 6.07) is 5.20. The number of alkyl halides is 18. The van der Waals surface area contributed by atoms with Crippen molar-refractivity contribution in [2.45, 2.75) is 52.9 Å². The van der Waals surface area contributed by atoms with E-state index >= 15 is 0 Å². The minimum Gasteiger partial charge on any atom is -0.340 e. The molecular formula is C38H21F18NO2SSi. The van der Waals surface area contributed by atoms with Crippen molar-refractivity contribution < 1.29 is 87.4 Å². The van der Waals surface area contributed by atoms with E-state index < -0.39 is 144 Å². The van der Waals surface area contributed by atoms with Gasteiger partial charge in [0.1, 0.15) is 8.07 Å². The Morgan fingerprint density at radius 2 is 0.639 bits per heavy atom. The Morgan fingerprint density at radius 1 is 0.393 bits per heavy atom. The smallest absolute Gasteiger partial charge is 0.340 e. The van der Waals surface area contributed by atoms with Gasteiger partial charge in [0.15, 0.2) is 0 Å². The molecule has 1 aliphatic rings. The van der Waals surface area contributed by atoms with Crippen LogP contribution in [0, 0.1) is 0 Å². The third kappa shape index (κ3) is 8.67. The number of sulfone groups is 1. The molecule has 5 aromatic rings. The lowest BCUT2D eigenvalue weighted by atomic mass is 10.1. The van der Waals surface area contributed by atoms with E-state index in [0.717, 1.165) is 29.2 Å². The van der Waals surface area contributed by atoms with Gasteiger partial charge in [-0.15, -0.1) is 0 Å². The molecule has 0 radical (unpaired) electrons. The minimum atomic E-state index is -6.14. The molecule has 0 atom stereocenters. The summed E-state index contributed by atoms with van der Waals surface area (Å²) in [7, 11) is -10.6. The van der Waals surface area contributed by atoms with E-state index in [-0.39, 0.29) is 47.8 Å². The van der Waals surface area contributed by atoms with E-state index in [1.165, 1.54) is 24.3 Å². The number of benzene rings is 5. The highest BCUT2D eigenvalue weighted by atomic mass is 32.2. The molecule has 3 nitrogen and oxygen atoms in total. The van der Waals surface area contributed by atoms with Crippen molar-refractivity contribution in [3.63, 3.8) is 0 Å². The van der Waals surface area contributed by atoms with Gasteiger partial charge in [-0.25, -0.2) is 8.42 Å². The number of nitrogens with zero attached hydrogens (tertiary/aromatic N) is 1. The Kier molecular flexibility index (Phi) is 10.9. The summed E-state index contributed by atoms with van der Waals surface area (Å²) < 4.78 is 288. The first kappa shape index (κ1) is 45.3. The molecule has 0 bridgehead atoms. The molecule has 6 rings (SSSR count). The van der Waals surface area contributed by atoms with Crippen LogP contribution in [-0.2, 0) is 46.9 Å². The van der Waals surface area contributed by atoms with Crippen LogP contribution in [0.15, 0.2) is 113 Å². The first-order chi connectivity index (χ1) is 27.8. The van der Waals surface area contributed by atoms with Gasteiger partial charge in [0, 0.05) is 6.54 Å². The minimum absolute atomic E-state index is 0.176. The number of fused-ring (bicyclic) bond motifs is 2. The third-order valence-electron chi connectivity index (χ3n) is 9.84. The van der Waals surface area contributed by atoms with Crippen molar-refractivity contribution >= 4 is 44.8 Å². The standard InChI is InChI=1S/C38H21F18NO2SSi/c39-33(40,41)20-11-21(34(42,43)44)15-26(14-20)61(27-16-22(35(45,46)47)12-23(17-27)36(48,49)50,28-18-24(37(51,52)53)13-25(19-28)38(54,55)56)10-9-57-29-5-1-3-7-31(29)60(58,59)32-8-4-2-6-30(32)57/h1-8,11-19H,9-10H2. The lowest BCUT2D eigenvalue weighted by Crippen LogP contribution is -2.68. The van der Waals surface area contributed by atoms with Crippen molar-refractivity contribution in [2.24, 2.45) is 0 Å². The highest BCUT2D eigenvalue weighted by Gasteiger charge is 2.50. The molecule has 326 valence electrons. The fourth-order valence-corrected chi connectivity index (χ4v) is 13.6. The second kappa shape index (κ2) is 14.7. The van der Waals surface area contributed by atoms with E-state index in [1.807, 2.05) is 0 Å². The fourth-order valence-electron chi connectivity index (χ4n) is 7.12. The summed E-state index contributed by atoms with van der Waals surface area (Å²) in [5.74, 6) is 0. The van der Waals surface area contributed by atoms with Crippen LogP contribution >= 0.6 is 0 Å². The lowest BCUT2D eigenvalue weighted by molar-refractivity contribution is -0.144. The van der Waals surface area contributed by atoms with Crippen LogP contribution in [0.2, 0.25) is 6.04 Å². The van der Waals surface area contributed by atoms with E-state index in [4.69, 9.17) is 0 Å². The Morgan fingerprint density at radius 3 is 0.885 bits per heavy atom. The topological polar surface area (TPSA) is 37.4 Å². The molecule has 0 spiro atoms. The van der Waals surface area contributed by atoms with Crippen molar-refractivity contribution in [3.05, 3.63) is 137 Å². The van der Waals surface area contributed by atoms with E-state index in [2.05, 4.69) is 0 Å². The average molecular weight is 926 g/mol. The van der Waals surface area contributed by atoms with Crippen LogP contribution in [-0.4, -0.2) is 23.0 Å². The molecule has 0 unspecified atom stereocenters. The molecule has 0 saturated carbocycles. The molecule has 0 N–H and O–H groups in total. The molecule has 5 aromatic carbocycles. The van der Waals surface area contributed by atoms with Crippen LogP contribution in [0.5, 0.6) is 0 Å². The van der Waals surface area contributed by atoms with Gasteiger partial charge in [0.25, 0.3) is 0 Å². The maximum absolute atomic E-state index is 14.5. The zero-order valence-electron chi connectivity index (χ0n) is 29.7. The quantitative estimate of drug-likeness (QED) is 0.0967. The molecule has 0 aromatic heterocycles. The molecule has 1 aliphatic heterocycles. The summed E-state index contributed by atoms with van der Waals surface area (Å²) >= 11 is 0. The zero-order chi connectivity index (χ0) is 45.5. The van der Waals surface area contributed by atoms with Gasteiger partial charge in [-0.05, 0) is 100 Å². The molecule has 61 heavy (non-hydrogen) atoms. The van der Waals surface area contributed by atoms with Gasteiger partial charge in [0.2, 0.25) is 9.84 Å². The van der Waals surface area contributed by atoms with Gasteiger partial charge in [-0.2, -0.15) is 79.0 Å². The number of halogens is 18. The molecule has 0 fully saturated rings. The van der Waals surface area contributed by atoms with Crippen molar-refractivity contribution in [1.29, 1.82) is 0 Å². The average Bonchev–Trinajstić information content (AvgIpc) is 3.14. The lowest BCUT2D eigenvalue weighted by Gasteiger charge is -2.39. The molecule has 1 heterocycles. The first-order valence-electron chi connectivity index (χ1n) is 16.9. The summed E-state index contributed by atoms with van der Waals surface area (Å²) in [4.78, 5) is -0.0463. The Hall–Kier alpha value is -5.19. The summed E-state index contributed by atoms with van der Waals surface area (Å²) in [6.07, 6.45) is -34.9. The predicted octanol–water partition coefficient (Wildman–Crippen LogP) is 11.3. The number of hydrogen-bond donors (Lipinski definition) is 0. The monoisotopic (exact) mass is 925 g/mol. The van der Waals surface area contributed by atoms with Gasteiger partial charge in [-0.1, -0.05) is 24.3 Å². The largest absolute Gasteiger partial charge is 0.416 e. The molecule has 0 aliphatic carbocycles. The second-order valence-electron chi connectivity index (χ2n) is 13.6.